The number of nitrogens with zero attached hydrogens (tertiary/aromatic N) is 1. The average molecular weight is 309 g/mol. The second-order valence-electron chi connectivity index (χ2n) is 4.98. The van der Waals surface area contributed by atoms with Gasteiger partial charge in [-0.05, 0) is 30.7 Å². The number of benzene rings is 1. The summed E-state index contributed by atoms with van der Waals surface area (Å²) in [6.07, 6.45) is 4.75. The number of pyridine rings is 1. The van der Waals surface area contributed by atoms with E-state index in [1.165, 1.54) is 12.3 Å². The Labute approximate surface area is 135 Å². The molecular weight excluding hydrogens is 290 g/mol. The molecule has 0 atom stereocenters. The van der Waals surface area contributed by atoms with E-state index in [2.05, 4.69) is 15.6 Å². The smallest absolute Gasteiger partial charge is 0.252 e. The normalized spacial score (nSPS) is 10.5. The van der Waals surface area contributed by atoms with Gasteiger partial charge in [0.1, 0.15) is 0 Å². The van der Waals surface area contributed by atoms with E-state index in [4.69, 9.17) is 0 Å². The molecule has 0 saturated carbocycles. The number of aromatic nitrogens is 1. The van der Waals surface area contributed by atoms with Gasteiger partial charge in [-0.3, -0.25) is 14.6 Å². The van der Waals surface area contributed by atoms with Crippen LogP contribution in [0.15, 0.2) is 54.7 Å². The van der Waals surface area contributed by atoms with Crippen LogP contribution in [0, 0.1) is 6.92 Å². The quantitative estimate of drug-likeness (QED) is 0.633. The summed E-state index contributed by atoms with van der Waals surface area (Å²) in [6, 6.07) is 13.1. The molecule has 1 heterocycles. The highest BCUT2D eigenvalue weighted by molar-refractivity contribution is 5.94. The number of carbonyl (C=O) groups is 2. The predicted octanol–water partition coefficient (Wildman–Crippen LogP) is 1.95. The zero-order valence-corrected chi connectivity index (χ0v) is 13.0. The van der Waals surface area contributed by atoms with E-state index in [-0.39, 0.29) is 11.8 Å². The lowest BCUT2D eigenvalue weighted by Gasteiger charge is -2.05. The molecule has 0 aliphatic carbocycles. The third kappa shape index (κ3) is 5.74. The fourth-order valence-electron chi connectivity index (χ4n) is 1.86. The van der Waals surface area contributed by atoms with E-state index in [0.717, 1.165) is 11.3 Å². The number of carbonyl (C=O) groups excluding carboxylic acids is 2. The van der Waals surface area contributed by atoms with Gasteiger partial charge in [0, 0.05) is 31.1 Å². The highest BCUT2D eigenvalue weighted by atomic mass is 16.2. The summed E-state index contributed by atoms with van der Waals surface area (Å²) in [4.78, 5) is 27.6. The Morgan fingerprint density at radius 1 is 1.04 bits per heavy atom. The number of rotatable bonds is 6. The minimum absolute atomic E-state index is 0.194. The van der Waals surface area contributed by atoms with Gasteiger partial charge in [-0.1, -0.05) is 30.3 Å². The van der Waals surface area contributed by atoms with Gasteiger partial charge in [-0.25, -0.2) is 0 Å². The van der Waals surface area contributed by atoms with E-state index in [1.807, 2.05) is 37.3 Å². The minimum atomic E-state index is -0.202. The predicted molar refractivity (Wildman–Crippen MR) is 89.8 cm³/mol. The molecule has 2 N–H and O–H groups in total. The van der Waals surface area contributed by atoms with Crippen molar-refractivity contribution in [3.05, 3.63) is 71.6 Å². The van der Waals surface area contributed by atoms with E-state index in [1.54, 1.807) is 18.2 Å². The molecule has 5 heteroatoms. The van der Waals surface area contributed by atoms with Gasteiger partial charge in [0.25, 0.3) is 5.91 Å². The van der Waals surface area contributed by atoms with Crippen molar-refractivity contribution in [2.24, 2.45) is 0 Å². The molecule has 0 unspecified atom stereocenters. The Bertz CT molecular complexity index is 679. The van der Waals surface area contributed by atoms with Crippen LogP contribution < -0.4 is 10.6 Å². The van der Waals surface area contributed by atoms with Gasteiger partial charge in [-0.2, -0.15) is 0 Å². The molecule has 0 saturated heterocycles. The van der Waals surface area contributed by atoms with Crippen molar-refractivity contribution in [1.82, 2.24) is 15.6 Å². The van der Waals surface area contributed by atoms with Crippen molar-refractivity contribution in [1.29, 1.82) is 0 Å². The van der Waals surface area contributed by atoms with Crippen molar-refractivity contribution < 1.29 is 9.59 Å². The fraction of sp³-hybridized carbons (Fsp3) is 0.167. The van der Waals surface area contributed by atoms with Crippen molar-refractivity contribution >= 4 is 17.9 Å². The topological polar surface area (TPSA) is 71.1 Å². The second kappa shape index (κ2) is 8.48. The third-order valence-corrected chi connectivity index (χ3v) is 3.11. The summed E-state index contributed by atoms with van der Waals surface area (Å²) in [5, 5.41) is 5.44. The number of hydrogen-bond acceptors (Lipinski definition) is 3. The zero-order chi connectivity index (χ0) is 16.5. The van der Waals surface area contributed by atoms with E-state index < -0.39 is 0 Å². The first kappa shape index (κ1) is 16.4. The summed E-state index contributed by atoms with van der Waals surface area (Å²) >= 11 is 0. The number of nitrogens with one attached hydrogen (secondary N) is 2. The summed E-state index contributed by atoms with van der Waals surface area (Å²) in [6.45, 7) is 2.58. The number of amides is 2. The van der Waals surface area contributed by atoms with Crippen LogP contribution >= 0.6 is 0 Å². The highest BCUT2D eigenvalue weighted by Gasteiger charge is 2.04. The van der Waals surface area contributed by atoms with E-state index in [0.29, 0.717) is 18.7 Å². The largest absolute Gasteiger partial charge is 0.351 e. The molecule has 118 valence electrons. The molecule has 23 heavy (non-hydrogen) atoms. The molecule has 2 rings (SSSR count). The van der Waals surface area contributed by atoms with Crippen LogP contribution in [0.3, 0.4) is 0 Å². The third-order valence-electron chi connectivity index (χ3n) is 3.11. The molecular formula is C18H19N3O2. The Morgan fingerprint density at radius 2 is 1.78 bits per heavy atom. The monoisotopic (exact) mass is 309 g/mol. The molecule has 2 aromatic rings. The van der Waals surface area contributed by atoms with Gasteiger partial charge >= 0.3 is 0 Å². The van der Waals surface area contributed by atoms with Crippen LogP contribution in [0.25, 0.3) is 6.08 Å². The van der Waals surface area contributed by atoms with Crippen molar-refractivity contribution in [2.75, 3.05) is 13.1 Å². The molecule has 2 amide bonds. The summed E-state index contributed by atoms with van der Waals surface area (Å²) < 4.78 is 0. The number of hydrogen-bond donors (Lipinski definition) is 2. The Morgan fingerprint density at radius 3 is 2.48 bits per heavy atom. The SMILES string of the molecule is Cc1ccc(C(=O)NCCNC(=O)C=Cc2ccccc2)cn1. The standard InChI is InChI=1S/C18H19N3O2/c1-14-7-9-16(13-21-14)18(23)20-12-11-19-17(22)10-8-15-5-3-2-4-6-15/h2-10,13H,11-12H2,1H3,(H,19,22)(H,20,23). The highest BCUT2D eigenvalue weighted by Crippen LogP contribution is 2.00. The van der Waals surface area contributed by atoms with Crippen LogP contribution in [0.4, 0.5) is 0 Å². The maximum absolute atomic E-state index is 11.8. The van der Waals surface area contributed by atoms with Crippen molar-refractivity contribution in [3.8, 4) is 0 Å². The van der Waals surface area contributed by atoms with Gasteiger partial charge in [-0.15, -0.1) is 0 Å². The second-order valence-corrected chi connectivity index (χ2v) is 4.98. The van der Waals surface area contributed by atoms with Crippen molar-refractivity contribution in [3.63, 3.8) is 0 Å². The van der Waals surface area contributed by atoms with Gasteiger partial charge in [0.15, 0.2) is 0 Å². The van der Waals surface area contributed by atoms with Gasteiger partial charge in [0.2, 0.25) is 5.91 Å². The zero-order valence-electron chi connectivity index (χ0n) is 13.0. The van der Waals surface area contributed by atoms with Crippen molar-refractivity contribution in [2.45, 2.75) is 6.92 Å². The van der Waals surface area contributed by atoms with Gasteiger partial charge in [0.05, 0.1) is 5.56 Å². The van der Waals surface area contributed by atoms with Crippen LogP contribution in [0.1, 0.15) is 21.6 Å². The Hall–Kier alpha value is -2.95. The van der Waals surface area contributed by atoms with Gasteiger partial charge < -0.3 is 10.6 Å². The van der Waals surface area contributed by atoms with Crippen LogP contribution in [0.5, 0.6) is 0 Å². The molecule has 0 aliphatic rings. The molecule has 0 aliphatic heterocycles. The molecule has 5 nitrogen and oxygen atoms in total. The first-order chi connectivity index (χ1) is 11.1. The molecule has 0 bridgehead atoms. The molecule has 0 fully saturated rings. The lowest BCUT2D eigenvalue weighted by molar-refractivity contribution is -0.116. The van der Waals surface area contributed by atoms with E-state index >= 15 is 0 Å². The van der Waals surface area contributed by atoms with Crippen LogP contribution in [0.2, 0.25) is 0 Å². The van der Waals surface area contributed by atoms with E-state index in [9.17, 15) is 9.59 Å². The first-order valence-electron chi connectivity index (χ1n) is 7.37. The first-order valence-corrected chi connectivity index (χ1v) is 7.37. The summed E-state index contributed by atoms with van der Waals surface area (Å²) in [5.41, 5.74) is 2.33. The number of aryl methyl sites for hydroxylation is 1. The Kier molecular flexibility index (Phi) is 6.06. The maximum Gasteiger partial charge on any atom is 0.252 e. The van der Waals surface area contributed by atoms with Crippen LogP contribution in [-0.4, -0.2) is 29.9 Å². The summed E-state index contributed by atoms with van der Waals surface area (Å²) in [7, 11) is 0. The lowest BCUT2D eigenvalue weighted by atomic mass is 10.2. The fourth-order valence-corrected chi connectivity index (χ4v) is 1.86. The summed E-state index contributed by atoms with van der Waals surface area (Å²) in [5.74, 6) is -0.397. The lowest BCUT2D eigenvalue weighted by Crippen LogP contribution is -2.34. The van der Waals surface area contributed by atoms with Crippen LogP contribution in [-0.2, 0) is 4.79 Å². The molecule has 0 radical (unpaired) electrons. The molecule has 0 spiro atoms. The average Bonchev–Trinajstić information content (AvgIpc) is 2.58. The maximum atomic E-state index is 11.8. The minimum Gasteiger partial charge on any atom is -0.351 e. The Balaban J connectivity index is 1.68. The molecule has 1 aromatic heterocycles. The molecule has 1 aromatic carbocycles.